The molecule has 19 heavy (non-hydrogen) atoms. The topological polar surface area (TPSA) is 29.1 Å². The summed E-state index contributed by atoms with van der Waals surface area (Å²) in [5.74, 6) is 0. The van der Waals surface area contributed by atoms with E-state index in [1.807, 2.05) is 69.3 Å². The van der Waals surface area contributed by atoms with E-state index in [1.165, 1.54) is 0 Å². The third kappa shape index (κ3) is 5.99. The fraction of sp³-hybridized carbons (Fsp3) is 0.375. The molecule has 0 aliphatic heterocycles. The van der Waals surface area contributed by atoms with Gasteiger partial charge in [-0.2, -0.15) is 0 Å². The van der Waals surface area contributed by atoms with Gasteiger partial charge in [0.25, 0.3) is 0 Å². The van der Waals surface area contributed by atoms with Crippen LogP contribution in [0.1, 0.15) is 32.8 Å². The van der Waals surface area contributed by atoms with Gasteiger partial charge in [0, 0.05) is 6.04 Å². The molecule has 0 saturated carbocycles. The Balaban J connectivity index is 2.71. The Morgan fingerprint density at radius 2 is 1.95 bits per heavy atom. The van der Waals surface area contributed by atoms with Crippen molar-refractivity contribution in [2.45, 2.75) is 38.0 Å². The van der Waals surface area contributed by atoms with Gasteiger partial charge in [0.05, 0.1) is 15.7 Å². The largest absolute Gasteiger partial charge is 0.242 e. The fourth-order valence-corrected chi connectivity index (χ4v) is 2.25. The number of hydrogen-bond acceptors (Lipinski definition) is 1. The van der Waals surface area contributed by atoms with Gasteiger partial charge in [0.2, 0.25) is 0 Å². The van der Waals surface area contributed by atoms with Gasteiger partial charge in [0.1, 0.15) is 0 Å². The third-order valence-corrected chi connectivity index (χ3v) is 4.18. The molecule has 1 aromatic rings. The van der Waals surface area contributed by atoms with E-state index in [0.29, 0.717) is 0 Å². The highest BCUT2D eigenvalue weighted by molar-refractivity contribution is 7.84. The summed E-state index contributed by atoms with van der Waals surface area (Å²) in [6.07, 6.45) is 6.68. The van der Waals surface area contributed by atoms with Crippen molar-refractivity contribution in [3.8, 4) is 0 Å². The molecular weight excluding hydrogens is 254 g/mol. The van der Waals surface area contributed by atoms with Crippen LogP contribution in [-0.2, 0) is 11.0 Å². The summed E-state index contributed by atoms with van der Waals surface area (Å²) in [5.41, 5.74) is 1.14. The zero-order valence-electron chi connectivity index (χ0n) is 11.9. The van der Waals surface area contributed by atoms with Crippen molar-refractivity contribution in [2.24, 2.45) is 0 Å². The molecule has 0 amide bonds. The van der Waals surface area contributed by atoms with Crippen LogP contribution in [0.25, 0.3) is 6.08 Å². The Labute approximate surface area is 119 Å². The van der Waals surface area contributed by atoms with Crippen LogP contribution in [0.5, 0.6) is 0 Å². The van der Waals surface area contributed by atoms with Gasteiger partial charge >= 0.3 is 0 Å². The second-order valence-corrected chi connectivity index (χ2v) is 7.40. The molecule has 2 nitrogen and oxygen atoms in total. The first kappa shape index (κ1) is 15.9. The van der Waals surface area contributed by atoms with Gasteiger partial charge in [-0.3, -0.25) is 0 Å². The standard InChI is InChI=1S/C16H23NOS/c1-5-9-15(17-19(18)16(2,3)4)13-12-14-10-7-6-8-11-14/h5-8,10-13,15,17H,1,9H2,2-4H3/b13-12+/t15-,19?/m1/s1. The smallest absolute Gasteiger partial charge is 0.0975 e. The number of rotatable bonds is 6. The highest BCUT2D eigenvalue weighted by Gasteiger charge is 2.21. The van der Waals surface area contributed by atoms with Gasteiger partial charge in [-0.1, -0.05) is 48.6 Å². The summed E-state index contributed by atoms with van der Waals surface area (Å²) in [6, 6.07) is 10.1. The SMILES string of the molecule is C=CC[C@H](/C=C/c1ccccc1)NS(=O)C(C)(C)C. The molecule has 1 unspecified atom stereocenters. The van der Waals surface area contributed by atoms with Crippen LogP contribution < -0.4 is 4.72 Å². The third-order valence-electron chi connectivity index (χ3n) is 2.56. The molecule has 0 aliphatic rings. The summed E-state index contributed by atoms with van der Waals surface area (Å²) in [7, 11) is -1.08. The molecule has 0 bridgehead atoms. The molecule has 3 heteroatoms. The molecule has 0 radical (unpaired) electrons. The lowest BCUT2D eigenvalue weighted by molar-refractivity contribution is 0.622. The van der Waals surface area contributed by atoms with Crippen LogP contribution in [0.3, 0.4) is 0 Å². The maximum atomic E-state index is 12.1. The summed E-state index contributed by atoms with van der Waals surface area (Å²) >= 11 is 0. The number of benzene rings is 1. The van der Waals surface area contributed by atoms with Gasteiger partial charge in [-0.05, 0) is 32.8 Å². The zero-order valence-corrected chi connectivity index (χ0v) is 12.7. The van der Waals surface area contributed by atoms with E-state index < -0.39 is 11.0 Å². The molecule has 1 aromatic carbocycles. The summed E-state index contributed by atoms with van der Waals surface area (Å²) in [4.78, 5) is 0. The first-order valence-corrected chi connectivity index (χ1v) is 7.60. The van der Waals surface area contributed by atoms with Crippen molar-refractivity contribution in [1.29, 1.82) is 0 Å². The van der Waals surface area contributed by atoms with E-state index in [0.717, 1.165) is 12.0 Å². The van der Waals surface area contributed by atoms with E-state index in [2.05, 4.69) is 11.3 Å². The van der Waals surface area contributed by atoms with Crippen molar-refractivity contribution in [2.75, 3.05) is 0 Å². The lowest BCUT2D eigenvalue weighted by Gasteiger charge is -2.21. The Hall–Kier alpha value is -1.19. The normalized spacial score (nSPS) is 15.3. The van der Waals surface area contributed by atoms with Crippen LogP contribution in [0, 0.1) is 0 Å². The predicted octanol–water partition coefficient (Wildman–Crippen LogP) is 3.70. The minimum Gasteiger partial charge on any atom is -0.242 e. The van der Waals surface area contributed by atoms with Gasteiger partial charge in [0.15, 0.2) is 0 Å². The maximum absolute atomic E-state index is 12.1. The number of hydrogen-bond donors (Lipinski definition) is 1. The van der Waals surface area contributed by atoms with Gasteiger partial charge in [-0.25, -0.2) is 8.93 Å². The first-order valence-electron chi connectivity index (χ1n) is 6.45. The second-order valence-electron chi connectivity index (χ2n) is 5.40. The fourth-order valence-electron chi connectivity index (χ4n) is 1.45. The molecule has 0 aromatic heterocycles. The summed E-state index contributed by atoms with van der Waals surface area (Å²) in [5, 5.41) is 0. The van der Waals surface area contributed by atoms with E-state index in [4.69, 9.17) is 0 Å². The number of nitrogens with one attached hydrogen (secondary N) is 1. The second kappa shape index (κ2) is 7.41. The average Bonchev–Trinajstić information content (AvgIpc) is 2.36. The van der Waals surface area contributed by atoms with Crippen molar-refractivity contribution in [3.05, 3.63) is 54.6 Å². The predicted molar refractivity (Wildman–Crippen MR) is 85.1 cm³/mol. The van der Waals surface area contributed by atoms with E-state index in [9.17, 15) is 4.21 Å². The van der Waals surface area contributed by atoms with Crippen LogP contribution >= 0.6 is 0 Å². The Morgan fingerprint density at radius 1 is 1.32 bits per heavy atom. The molecule has 0 saturated heterocycles. The molecule has 0 spiro atoms. The van der Waals surface area contributed by atoms with Gasteiger partial charge in [-0.15, -0.1) is 6.58 Å². The highest BCUT2D eigenvalue weighted by atomic mass is 32.2. The van der Waals surface area contributed by atoms with E-state index in [-0.39, 0.29) is 10.8 Å². The summed E-state index contributed by atoms with van der Waals surface area (Å²) in [6.45, 7) is 9.63. The molecule has 1 rings (SSSR count). The Bertz CT molecular complexity index is 446. The van der Waals surface area contributed by atoms with Crippen molar-refractivity contribution in [3.63, 3.8) is 0 Å². The van der Waals surface area contributed by atoms with Crippen molar-refractivity contribution in [1.82, 2.24) is 4.72 Å². The lowest BCUT2D eigenvalue weighted by atomic mass is 10.1. The van der Waals surface area contributed by atoms with E-state index in [1.54, 1.807) is 0 Å². The summed E-state index contributed by atoms with van der Waals surface area (Å²) < 4.78 is 15.0. The lowest BCUT2D eigenvalue weighted by Crippen LogP contribution is -2.38. The molecule has 0 heterocycles. The minimum atomic E-state index is -1.08. The van der Waals surface area contributed by atoms with Crippen LogP contribution in [0.4, 0.5) is 0 Å². The first-order chi connectivity index (χ1) is 8.93. The average molecular weight is 277 g/mol. The van der Waals surface area contributed by atoms with E-state index >= 15 is 0 Å². The van der Waals surface area contributed by atoms with Crippen molar-refractivity contribution < 1.29 is 4.21 Å². The Morgan fingerprint density at radius 3 is 2.47 bits per heavy atom. The van der Waals surface area contributed by atoms with Crippen LogP contribution in [-0.4, -0.2) is 15.0 Å². The minimum absolute atomic E-state index is 0.0396. The van der Waals surface area contributed by atoms with Crippen LogP contribution in [0.15, 0.2) is 49.1 Å². The molecule has 0 aliphatic carbocycles. The zero-order chi connectivity index (χ0) is 14.3. The Kier molecular flexibility index (Phi) is 6.19. The quantitative estimate of drug-likeness (QED) is 0.789. The highest BCUT2D eigenvalue weighted by Crippen LogP contribution is 2.11. The molecule has 0 fully saturated rings. The monoisotopic (exact) mass is 277 g/mol. The van der Waals surface area contributed by atoms with Crippen LogP contribution in [0.2, 0.25) is 0 Å². The maximum Gasteiger partial charge on any atom is 0.0975 e. The molecular formula is C16H23NOS. The molecule has 2 atom stereocenters. The van der Waals surface area contributed by atoms with Crippen molar-refractivity contribution >= 4 is 17.1 Å². The molecule has 104 valence electrons. The van der Waals surface area contributed by atoms with Gasteiger partial charge < -0.3 is 0 Å². The molecule has 1 N–H and O–H groups in total.